The predicted octanol–water partition coefficient (Wildman–Crippen LogP) is 0.369. The fourth-order valence-electron chi connectivity index (χ4n) is 1.80. The molecule has 1 aromatic carbocycles. The van der Waals surface area contributed by atoms with Crippen LogP contribution in [-0.4, -0.2) is 27.8 Å². The molecule has 1 aliphatic heterocycles. The van der Waals surface area contributed by atoms with Crippen molar-refractivity contribution in [2.75, 3.05) is 6.54 Å². The van der Waals surface area contributed by atoms with E-state index in [0.29, 0.717) is 18.5 Å². The summed E-state index contributed by atoms with van der Waals surface area (Å²) in [4.78, 5) is 10.9. The number of nitrogens with one attached hydrogen (secondary N) is 1. The summed E-state index contributed by atoms with van der Waals surface area (Å²) in [6.07, 6.45) is 0.646. The third-order valence-electron chi connectivity index (χ3n) is 2.54. The summed E-state index contributed by atoms with van der Waals surface area (Å²) in [6, 6.07) is 1.91. The number of carboxylic acid groups (broad SMARTS) is 1. The molecule has 0 unspecified atom stereocenters. The molecule has 4 N–H and O–H groups in total. The van der Waals surface area contributed by atoms with Gasteiger partial charge in [-0.2, -0.15) is 0 Å². The molecule has 1 heterocycles. The Morgan fingerprint density at radius 3 is 2.67 bits per heavy atom. The molecule has 0 bridgehead atoms. The summed E-state index contributed by atoms with van der Waals surface area (Å²) in [6.45, 7) is 0.550. The Kier molecular flexibility index (Phi) is 2.24. The highest BCUT2D eigenvalue weighted by Gasteiger charge is 2.26. The van der Waals surface area contributed by atoms with Crippen LogP contribution in [0, 0.1) is 0 Å². The van der Waals surface area contributed by atoms with Crippen molar-refractivity contribution >= 4 is 5.97 Å². The van der Waals surface area contributed by atoms with E-state index in [1.807, 2.05) is 0 Å². The van der Waals surface area contributed by atoms with Crippen molar-refractivity contribution in [3.8, 4) is 11.5 Å². The third kappa shape index (κ3) is 1.61. The minimum Gasteiger partial charge on any atom is -0.504 e. The lowest BCUT2D eigenvalue weighted by molar-refractivity contribution is -0.139. The van der Waals surface area contributed by atoms with Crippen LogP contribution >= 0.6 is 0 Å². The molecule has 80 valence electrons. The van der Waals surface area contributed by atoms with Crippen molar-refractivity contribution in [2.24, 2.45) is 0 Å². The number of fused-ring (bicyclic) bond motifs is 1. The van der Waals surface area contributed by atoms with Gasteiger partial charge in [0.2, 0.25) is 0 Å². The summed E-state index contributed by atoms with van der Waals surface area (Å²) in [7, 11) is 0. The molecule has 0 saturated heterocycles. The normalized spacial score (nSPS) is 19.6. The molecular formula is C10H11NO4. The molecule has 15 heavy (non-hydrogen) atoms. The largest absolute Gasteiger partial charge is 0.504 e. The van der Waals surface area contributed by atoms with E-state index in [-0.39, 0.29) is 11.5 Å². The second-order valence-electron chi connectivity index (χ2n) is 3.52. The zero-order chi connectivity index (χ0) is 11.0. The van der Waals surface area contributed by atoms with E-state index in [2.05, 4.69) is 5.32 Å². The average molecular weight is 209 g/mol. The van der Waals surface area contributed by atoms with E-state index in [1.54, 1.807) is 0 Å². The van der Waals surface area contributed by atoms with Crippen LogP contribution in [0.2, 0.25) is 0 Å². The first-order chi connectivity index (χ1) is 7.09. The van der Waals surface area contributed by atoms with Gasteiger partial charge in [-0.05, 0) is 29.7 Å². The standard InChI is InChI=1S/C10H11NO4/c12-7-3-5-1-2-11-9(10(14)15)6(5)4-8(7)13/h3-4,9,11-13H,1-2H2,(H,14,15)/t9-/m1/s1. The van der Waals surface area contributed by atoms with Crippen LogP contribution in [-0.2, 0) is 11.2 Å². The van der Waals surface area contributed by atoms with Crippen molar-refractivity contribution in [2.45, 2.75) is 12.5 Å². The average Bonchev–Trinajstić information content (AvgIpc) is 2.18. The molecule has 0 saturated carbocycles. The quantitative estimate of drug-likeness (QED) is 0.502. The highest BCUT2D eigenvalue weighted by molar-refractivity contribution is 5.77. The Bertz CT molecular complexity index is 416. The van der Waals surface area contributed by atoms with Crippen LogP contribution in [0.15, 0.2) is 12.1 Å². The van der Waals surface area contributed by atoms with E-state index in [0.717, 1.165) is 5.56 Å². The van der Waals surface area contributed by atoms with Crippen molar-refractivity contribution in [1.29, 1.82) is 0 Å². The van der Waals surface area contributed by atoms with Crippen molar-refractivity contribution in [3.05, 3.63) is 23.3 Å². The van der Waals surface area contributed by atoms with Crippen LogP contribution in [0.25, 0.3) is 0 Å². The van der Waals surface area contributed by atoms with Gasteiger partial charge in [0, 0.05) is 6.54 Å². The number of benzene rings is 1. The molecule has 2 rings (SSSR count). The van der Waals surface area contributed by atoms with Crippen LogP contribution in [0.3, 0.4) is 0 Å². The first-order valence-electron chi connectivity index (χ1n) is 4.60. The lowest BCUT2D eigenvalue weighted by Crippen LogP contribution is -2.34. The number of phenolic OH excluding ortho intramolecular Hbond substituents is 2. The van der Waals surface area contributed by atoms with Gasteiger partial charge in [0.25, 0.3) is 0 Å². The number of aromatic hydroxyl groups is 2. The van der Waals surface area contributed by atoms with Gasteiger partial charge in [0.05, 0.1) is 0 Å². The van der Waals surface area contributed by atoms with E-state index in [9.17, 15) is 15.0 Å². The molecule has 5 nitrogen and oxygen atoms in total. The van der Waals surface area contributed by atoms with E-state index in [1.165, 1.54) is 12.1 Å². The van der Waals surface area contributed by atoms with Gasteiger partial charge < -0.3 is 20.6 Å². The van der Waals surface area contributed by atoms with E-state index >= 15 is 0 Å². The minimum atomic E-state index is -0.985. The summed E-state index contributed by atoms with van der Waals surface area (Å²) in [5, 5.41) is 30.4. The lowest BCUT2D eigenvalue weighted by Gasteiger charge is -2.24. The number of phenols is 2. The highest BCUT2D eigenvalue weighted by atomic mass is 16.4. The van der Waals surface area contributed by atoms with Gasteiger partial charge in [0.15, 0.2) is 11.5 Å². The summed E-state index contributed by atoms with van der Waals surface area (Å²) < 4.78 is 0. The molecule has 0 amide bonds. The second kappa shape index (κ2) is 3.43. The van der Waals surface area contributed by atoms with Gasteiger partial charge in [-0.15, -0.1) is 0 Å². The van der Waals surface area contributed by atoms with Crippen molar-refractivity contribution in [1.82, 2.24) is 5.32 Å². The summed E-state index contributed by atoms with van der Waals surface area (Å²) in [5.41, 5.74) is 1.28. The third-order valence-corrected chi connectivity index (χ3v) is 2.54. The SMILES string of the molecule is O=C(O)[C@@H]1NCCc2cc(O)c(O)cc21. The van der Waals surface area contributed by atoms with E-state index < -0.39 is 12.0 Å². The number of carbonyl (C=O) groups is 1. The zero-order valence-electron chi connectivity index (χ0n) is 7.90. The van der Waals surface area contributed by atoms with Gasteiger partial charge in [-0.1, -0.05) is 0 Å². The fourth-order valence-corrected chi connectivity index (χ4v) is 1.80. The number of hydrogen-bond acceptors (Lipinski definition) is 4. The first-order valence-corrected chi connectivity index (χ1v) is 4.60. The second-order valence-corrected chi connectivity index (χ2v) is 3.52. The maximum absolute atomic E-state index is 10.9. The number of carboxylic acids is 1. The molecule has 0 aromatic heterocycles. The van der Waals surface area contributed by atoms with Gasteiger partial charge in [0.1, 0.15) is 6.04 Å². The topological polar surface area (TPSA) is 89.8 Å². The first kappa shape index (κ1) is 9.79. The van der Waals surface area contributed by atoms with Crippen LogP contribution in [0.4, 0.5) is 0 Å². The summed E-state index contributed by atoms with van der Waals surface area (Å²) in [5.74, 6) is -1.48. The fraction of sp³-hybridized carbons (Fsp3) is 0.300. The van der Waals surface area contributed by atoms with Crippen LogP contribution in [0.1, 0.15) is 17.2 Å². The monoisotopic (exact) mass is 209 g/mol. The maximum Gasteiger partial charge on any atom is 0.325 e. The Balaban J connectivity index is 2.51. The number of hydrogen-bond donors (Lipinski definition) is 4. The Hall–Kier alpha value is -1.75. The smallest absolute Gasteiger partial charge is 0.325 e. The molecule has 1 aromatic rings. The molecule has 0 fully saturated rings. The molecular weight excluding hydrogens is 198 g/mol. The van der Waals surface area contributed by atoms with Crippen molar-refractivity contribution in [3.63, 3.8) is 0 Å². The van der Waals surface area contributed by atoms with Crippen molar-refractivity contribution < 1.29 is 20.1 Å². The Morgan fingerprint density at radius 1 is 1.33 bits per heavy atom. The van der Waals surface area contributed by atoms with Gasteiger partial charge in [-0.3, -0.25) is 4.79 Å². The lowest BCUT2D eigenvalue weighted by atomic mass is 9.94. The molecule has 0 aliphatic carbocycles. The number of aliphatic carboxylic acids is 1. The van der Waals surface area contributed by atoms with Gasteiger partial charge >= 0.3 is 5.97 Å². The Labute approximate surface area is 86.0 Å². The molecule has 1 atom stereocenters. The van der Waals surface area contributed by atoms with Crippen LogP contribution < -0.4 is 5.32 Å². The van der Waals surface area contributed by atoms with Crippen LogP contribution in [0.5, 0.6) is 11.5 Å². The van der Waals surface area contributed by atoms with E-state index in [4.69, 9.17) is 5.11 Å². The zero-order valence-corrected chi connectivity index (χ0v) is 7.90. The molecule has 5 heteroatoms. The molecule has 0 spiro atoms. The summed E-state index contributed by atoms with van der Waals surface area (Å²) >= 11 is 0. The Morgan fingerprint density at radius 2 is 2.00 bits per heavy atom. The minimum absolute atomic E-state index is 0.209. The predicted molar refractivity (Wildman–Crippen MR) is 51.9 cm³/mol. The highest BCUT2D eigenvalue weighted by Crippen LogP contribution is 2.33. The maximum atomic E-state index is 10.9. The van der Waals surface area contributed by atoms with Gasteiger partial charge in [-0.25, -0.2) is 0 Å². The molecule has 1 aliphatic rings. The number of rotatable bonds is 1. The molecule has 0 radical (unpaired) electrons.